The summed E-state index contributed by atoms with van der Waals surface area (Å²) in [6.07, 6.45) is 0.484. The normalized spacial score (nSPS) is 11.8. The minimum atomic E-state index is -0.495. The van der Waals surface area contributed by atoms with Crippen LogP contribution >= 0.6 is 0 Å². The second-order valence-electron chi connectivity index (χ2n) is 3.58. The van der Waals surface area contributed by atoms with E-state index in [0.717, 1.165) is 5.56 Å². The van der Waals surface area contributed by atoms with E-state index in [0.29, 0.717) is 6.42 Å². The van der Waals surface area contributed by atoms with E-state index in [1.807, 2.05) is 30.3 Å². The van der Waals surface area contributed by atoms with Crippen molar-refractivity contribution in [1.82, 2.24) is 0 Å². The van der Waals surface area contributed by atoms with Crippen molar-refractivity contribution in [3.05, 3.63) is 35.9 Å². The summed E-state index contributed by atoms with van der Waals surface area (Å²) in [4.78, 5) is 22.3. The molecule has 2 N–H and O–H groups in total. The van der Waals surface area contributed by atoms with E-state index in [2.05, 4.69) is 4.74 Å². The average molecular weight is 221 g/mol. The smallest absolute Gasteiger partial charge is 0.309 e. The van der Waals surface area contributed by atoms with Crippen LogP contribution in [0.3, 0.4) is 0 Å². The van der Waals surface area contributed by atoms with E-state index >= 15 is 0 Å². The molecule has 86 valence electrons. The van der Waals surface area contributed by atoms with Crippen LogP contribution in [0.15, 0.2) is 30.3 Å². The van der Waals surface area contributed by atoms with Crippen LogP contribution in [-0.2, 0) is 20.7 Å². The quantitative estimate of drug-likeness (QED) is 0.751. The largest absolute Gasteiger partial charge is 0.469 e. The zero-order valence-corrected chi connectivity index (χ0v) is 9.18. The number of methoxy groups -OCH3 is 1. The second kappa shape index (κ2) is 5.90. The molecular weight excluding hydrogens is 206 g/mol. The predicted octanol–water partition coefficient (Wildman–Crippen LogP) is 0.894. The Hall–Kier alpha value is -1.84. The molecular formula is C12H15NO3. The summed E-state index contributed by atoms with van der Waals surface area (Å²) in [5, 5.41) is 0. The molecule has 16 heavy (non-hydrogen) atoms. The highest BCUT2D eigenvalue weighted by Gasteiger charge is 2.21. The lowest BCUT2D eigenvalue weighted by molar-refractivity contribution is -0.147. The number of nitrogens with two attached hydrogens (primary N) is 1. The van der Waals surface area contributed by atoms with Crippen LogP contribution in [0.5, 0.6) is 0 Å². The van der Waals surface area contributed by atoms with Crippen LogP contribution < -0.4 is 5.73 Å². The average Bonchev–Trinajstić information content (AvgIpc) is 2.28. The number of carbonyl (C=O) groups is 2. The Labute approximate surface area is 94.4 Å². The topological polar surface area (TPSA) is 69.4 Å². The van der Waals surface area contributed by atoms with E-state index in [1.54, 1.807) is 0 Å². The van der Waals surface area contributed by atoms with E-state index < -0.39 is 17.8 Å². The lowest BCUT2D eigenvalue weighted by Crippen LogP contribution is -2.25. The molecule has 0 spiro atoms. The van der Waals surface area contributed by atoms with Gasteiger partial charge >= 0.3 is 5.97 Å². The summed E-state index contributed by atoms with van der Waals surface area (Å²) in [5.74, 6) is -1.39. The van der Waals surface area contributed by atoms with Crippen molar-refractivity contribution < 1.29 is 14.3 Å². The lowest BCUT2D eigenvalue weighted by Gasteiger charge is -2.12. The molecule has 0 bridgehead atoms. The third kappa shape index (κ3) is 3.73. The van der Waals surface area contributed by atoms with Gasteiger partial charge in [0, 0.05) is 6.42 Å². The van der Waals surface area contributed by atoms with Gasteiger partial charge in [0.25, 0.3) is 0 Å². The maximum absolute atomic E-state index is 11.4. The fourth-order valence-electron chi connectivity index (χ4n) is 1.55. The molecule has 0 fully saturated rings. The number of ether oxygens (including phenoxy) is 1. The molecule has 0 aliphatic carbocycles. The summed E-state index contributed by atoms with van der Waals surface area (Å²) in [7, 11) is 1.31. The summed E-state index contributed by atoms with van der Waals surface area (Å²) < 4.78 is 4.64. The molecule has 1 atom stereocenters. The highest BCUT2D eigenvalue weighted by molar-refractivity contribution is 5.82. The van der Waals surface area contributed by atoms with Crippen molar-refractivity contribution in [2.45, 2.75) is 12.8 Å². The molecule has 1 aromatic carbocycles. The molecule has 0 saturated heterocycles. The fourth-order valence-corrected chi connectivity index (χ4v) is 1.55. The monoisotopic (exact) mass is 221 g/mol. The van der Waals surface area contributed by atoms with Gasteiger partial charge in [-0.05, 0) is 12.0 Å². The SMILES string of the molecule is COC(=O)[C@@H](CC(N)=O)Cc1ccccc1. The van der Waals surface area contributed by atoms with Gasteiger partial charge in [-0.3, -0.25) is 9.59 Å². The van der Waals surface area contributed by atoms with Gasteiger partial charge in [0.2, 0.25) is 5.91 Å². The van der Waals surface area contributed by atoms with Gasteiger partial charge in [-0.25, -0.2) is 0 Å². The molecule has 0 aliphatic heterocycles. The molecule has 1 amide bonds. The first-order valence-electron chi connectivity index (χ1n) is 5.03. The zero-order valence-electron chi connectivity index (χ0n) is 9.18. The molecule has 1 rings (SSSR count). The molecule has 0 unspecified atom stereocenters. The van der Waals surface area contributed by atoms with Crippen molar-refractivity contribution in [2.24, 2.45) is 11.7 Å². The van der Waals surface area contributed by atoms with Gasteiger partial charge in [0.1, 0.15) is 0 Å². The number of amides is 1. The maximum Gasteiger partial charge on any atom is 0.309 e. The molecule has 0 saturated carbocycles. The Bertz CT molecular complexity index is 362. The first-order valence-corrected chi connectivity index (χ1v) is 5.03. The fraction of sp³-hybridized carbons (Fsp3) is 0.333. The van der Waals surface area contributed by atoms with Gasteiger partial charge in [-0.2, -0.15) is 0 Å². The van der Waals surface area contributed by atoms with Crippen molar-refractivity contribution >= 4 is 11.9 Å². The van der Waals surface area contributed by atoms with Crippen LogP contribution in [0.4, 0.5) is 0 Å². The maximum atomic E-state index is 11.4. The van der Waals surface area contributed by atoms with Crippen molar-refractivity contribution in [1.29, 1.82) is 0 Å². The molecule has 0 radical (unpaired) electrons. The van der Waals surface area contributed by atoms with Crippen LogP contribution in [0.25, 0.3) is 0 Å². The molecule has 4 nitrogen and oxygen atoms in total. The number of hydrogen-bond acceptors (Lipinski definition) is 3. The number of rotatable bonds is 5. The minimum Gasteiger partial charge on any atom is -0.469 e. The summed E-state index contributed by atoms with van der Waals surface area (Å²) >= 11 is 0. The number of benzene rings is 1. The Morgan fingerprint density at radius 3 is 2.44 bits per heavy atom. The van der Waals surface area contributed by atoms with E-state index in [9.17, 15) is 9.59 Å². The van der Waals surface area contributed by atoms with E-state index in [1.165, 1.54) is 7.11 Å². The van der Waals surface area contributed by atoms with E-state index in [4.69, 9.17) is 5.73 Å². The first kappa shape index (κ1) is 12.2. The molecule has 1 aromatic rings. The Kier molecular flexibility index (Phi) is 4.51. The highest BCUT2D eigenvalue weighted by atomic mass is 16.5. The highest BCUT2D eigenvalue weighted by Crippen LogP contribution is 2.13. The van der Waals surface area contributed by atoms with Crippen molar-refractivity contribution in [2.75, 3.05) is 7.11 Å². The number of esters is 1. The molecule has 0 heterocycles. The van der Waals surface area contributed by atoms with Crippen molar-refractivity contribution in [3.8, 4) is 0 Å². The van der Waals surface area contributed by atoms with E-state index in [-0.39, 0.29) is 6.42 Å². The van der Waals surface area contributed by atoms with Crippen LogP contribution in [0.2, 0.25) is 0 Å². The van der Waals surface area contributed by atoms with Gasteiger partial charge in [0.15, 0.2) is 0 Å². The van der Waals surface area contributed by atoms with Crippen LogP contribution in [-0.4, -0.2) is 19.0 Å². The Balaban J connectivity index is 2.70. The number of hydrogen-bond donors (Lipinski definition) is 1. The van der Waals surface area contributed by atoms with Gasteiger partial charge in [-0.15, -0.1) is 0 Å². The number of primary amides is 1. The van der Waals surface area contributed by atoms with Gasteiger partial charge < -0.3 is 10.5 Å². The van der Waals surface area contributed by atoms with Crippen LogP contribution in [0.1, 0.15) is 12.0 Å². The third-order valence-electron chi connectivity index (χ3n) is 2.31. The third-order valence-corrected chi connectivity index (χ3v) is 2.31. The standard InChI is InChI=1S/C12H15NO3/c1-16-12(15)10(8-11(13)14)7-9-5-3-2-4-6-9/h2-6,10H,7-8H2,1H3,(H2,13,14)/t10-/m1/s1. The van der Waals surface area contributed by atoms with Crippen molar-refractivity contribution in [3.63, 3.8) is 0 Å². The van der Waals surface area contributed by atoms with Gasteiger partial charge in [0.05, 0.1) is 13.0 Å². The Morgan fingerprint density at radius 2 is 1.94 bits per heavy atom. The summed E-state index contributed by atoms with van der Waals surface area (Å²) in [6.45, 7) is 0. The summed E-state index contributed by atoms with van der Waals surface area (Å²) in [5.41, 5.74) is 6.08. The first-order chi connectivity index (χ1) is 7.63. The number of carbonyl (C=O) groups excluding carboxylic acids is 2. The lowest BCUT2D eigenvalue weighted by atomic mass is 9.96. The zero-order chi connectivity index (χ0) is 12.0. The van der Waals surface area contributed by atoms with Crippen LogP contribution in [0, 0.1) is 5.92 Å². The summed E-state index contributed by atoms with van der Waals surface area (Å²) in [6, 6.07) is 9.46. The Morgan fingerprint density at radius 1 is 1.31 bits per heavy atom. The minimum absolute atomic E-state index is 0.0154. The van der Waals surface area contributed by atoms with Gasteiger partial charge in [-0.1, -0.05) is 30.3 Å². The molecule has 0 aliphatic rings. The predicted molar refractivity (Wildman–Crippen MR) is 59.5 cm³/mol. The second-order valence-corrected chi connectivity index (χ2v) is 3.58. The molecule has 0 aromatic heterocycles. The molecule has 4 heteroatoms.